The summed E-state index contributed by atoms with van der Waals surface area (Å²) in [6, 6.07) is 5.51. The van der Waals surface area contributed by atoms with Gasteiger partial charge in [-0.2, -0.15) is 10.6 Å². The first-order valence-electron chi connectivity index (χ1n) is 11.7. The normalized spacial score (nSPS) is 26.3. The molecule has 3 aliphatic rings. The van der Waals surface area contributed by atoms with Crippen molar-refractivity contribution in [2.45, 2.75) is 64.5 Å². The van der Waals surface area contributed by atoms with Crippen LogP contribution < -0.4 is 5.48 Å². The van der Waals surface area contributed by atoms with E-state index in [1.807, 2.05) is 23.7 Å². The molecule has 1 aromatic carbocycles. The third-order valence-electron chi connectivity index (χ3n) is 7.30. The number of hydroxylamine groups is 1. The van der Waals surface area contributed by atoms with Gasteiger partial charge in [0.05, 0.1) is 28.9 Å². The van der Waals surface area contributed by atoms with E-state index < -0.39 is 0 Å². The van der Waals surface area contributed by atoms with Gasteiger partial charge in [0.15, 0.2) is 0 Å². The molecule has 2 bridgehead atoms. The van der Waals surface area contributed by atoms with E-state index in [9.17, 15) is 4.79 Å². The second-order valence-electron chi connectivity index (χ2n) is 9.13. The van der Waals surface area contributed by atoms with Crippen LogP contribution in [0.1, 0.15) is 56.0 Å². The van der Waals surface area contributed by atoms with Gasteiger partial charge in [0.25, 0.3) is 0 Å². The summed E-state index contributed by atoms with van der Waals surface area (Å²) in [5, 5.41) is 6.07. The number of aromatic nitrogens is 2. The van der Waals surface area contributed by atoms with Crippen LogP contribution in [-0.4, -0.2) is 28.4 Å². The van der Waals surface area contributed by atoms with Gasteiger partial charge in [0, 0.05) is 16.8 Å². The predicted molar refractivity (Wildman–Crippen MR) is 123 cm³/mol. The molecule has 4 atom stereocenters. The molecule has 2 saturated carbocycles. The molecule has 2 fully saturated rings. The smallest absolute Gasteiger partial charge is 0.310 e. The summed E-state index contributed by atoms with van der Waals surface area (Å²) in [5.74, 6) is 0.654. The van der Waals surface area contributed by atoms with Crippen molar-refractivity contribution in [2.24, 2.45) is 17.8 Å². The number of carbonyl (C=O) groups excluding carboxylic acids is 1. The minimum Gasteiger partial charge on any atom is -0.466 e. The molecule has 0 aliphatic heterocycles. The van der Waals surface area contributed by atoms with E-state index in [2.05, 4.69) is 5.48 Å². The number of fused-ring (bicyclic) bond motifs is 3. The Hall–Kier alpha value is -1.60. The van der Waals surface area contributed by atoms with Crippen molar-refractivity contribution in [3.05, 3.63) is 45.2 Å². The number of nitrogens with one attached hydrogen (secondary N) is 1. The number of hydrogen-bond donors (Lipinski definition) is 1. The van der Waals surface area contributed by atoms with Gasteiger partial charge in [0.1, 0.15) is 6.61 Å². The fourth-order valence-corrected chi connectivity index (χ4v) is 6.38. The van der Waals surface area contributed by atoms with Gasteiger partial charge < -0.3 is 4.74 Å². The minimum atomic E-state index is -0.118. The predicted octanol–water partition coefficient (Wildman–Crippen LogP) is 5.06. The highest BCUT2D eigenvalue weighted by atomic mass is 35.5. The second kappa shape index (κ2) is 9.34. The summed E-state index contributed by atoms with van der Waals surface area (Å²) in [5.41, 5.74) is 7.44. The monoisotopic (exact) mass is 477 g/mol. The molecular formula is C24H29Cl2N3O3. The van der Waals surface area contributed by atoms with E-state index in [1.165, 1.54) is 11.3 Å². The lowest BCUT2D eigenvalue weighted by atomic mass is 9.85. The molecule has 1 N–H and O–H groups in total. The van der Waals surface area contributed by atoms with Gasteiger partial charge in [-0.05, 0) is 87.5 Å². The first-order valence-corrected chi connectivity index (χ1v) is 12.4. The largest absolute Gasteiger partial charge is 0.466 e. The Labute approximate surface area is 198 Å². The molecule has 0 radical (unpaired) electrons. The molecule has 0 saturated heterocycles. The number of halogens is 2. The van der Waals surface area contributed by atoms with Crippen LogP contribution in [0.2, 0.25) is 10.0 Å². The van der Waals surface area contributed by atoms with Crippen molar-refractivity contribution in [3.8, 4) is 5.69 Å². The summed E-state index contributed by atoms with van der Waals surface area (Å²) in [6.45, 7) is 2.62. The van der Waals surface area contributed by atoms with Crippen LogP contribution >= 0.6 is 23.2 Å². The van der Waals surface area contributed by atoms with Crippen molar-refractivity contribution >= 4 is 29.2 Å². The number of carbonyl (C=O) groups is 1. The zero-order chi connectivity index (χ0) is 22.2. The first-order chi connectivity index (χ1) is 15.6. The lowest BCUT2D eigenvalue weighted by Gasteiger charge is -2.29. The third-order valence-corrected chi connectivity index (χ3v) is 7.84. The number of esters is 1. The Bertz CT molecular complexity index is 1010. The zero-order valence-corrected chi connectivity index (χ0v) is 19.8. The lowest BCUT2D eigenvalue weighted by molar-refractivity contribution is -0.153. The topological polar surface area (TPSA) is 65.4 Å². The summed E-state index contributed by atoms with van der Waals surface area (Å²) in [4.78, 5) is 18.5. The van der Waals surface area contributed by atoms with Crippen molar-refractivity contribution in [3.63, 3.8) is 0 Å². The average Bonchev–Trinajstić information content (AvgIpc) is 3.48. The van der Waals surface area contributed by atoms with Gasteiger partial charge in [-0.3, -0.25) is 9.63 Å². The first kappa shape index (κ1) is 22.2. The summed E-state index contributed by atoms with van der Waals surface area (Å²) < 4.78 is 7.30. The fraction of sp³-hybridized carbons (Fsp3) is 0.583. The molecule has 2 unspecified atom stereocenters. The van der Waals surface area contributed by atoms with Gasteiger partial charge in [-0.1, -0.05) is 23.2 Å². The van der Waals surface area contributed by atoms with Crippen molar-refractivity contribution < 1.29 is 14.4 Å². The van der Waals surface area contributed by atoms with Crippen molar-refractivity contribution in [1.82, 2.24) is 15.3 Å². The highest BCUT2D eigenvalue weighted by molar-refractivity contribution is 6.35. The molecule has 1 heterocycles. The quantitative estimate of drug-likeness (QED) is 0.445. The Morgan fingerprint density at radius 1 is 1.22 bits per heavy atom. The maximum Gasteiger partial charge on any atom is 0.310 e. The van der Waals surface area contributed by atoms with E-state index >= 15 is 0 Å². The van der Waals surface area contributed by atoms with E-state index in [-0.39, 0.29) is 17.9 Å². The fourth-order valence-electron chi connectivity index (χ4n) is 5.89. The number of rotatable bonds is 7. The molecule has 5 rings (SSSR count). The summed E-state index contributed by atoms with van der Waals surface area (Å²) >= 11 is 12.6. The number of benzene rings is 1. The number of nitrogens with zero attached hydrogens (tertiary/aromatic N) is 2. The Morgan fingerprint density at radius 3 is 2.84 bits per heavy atom. The molecule has 2 aromatic rings. The molecule has 1 aromatic heterocycles. The Balaban J connectivity index is 1.33. The van der Waals surface area contributed by atoms with Crippen LogP contribution in [0.3, 0.4) is 0 Å². The molecular weight excluding hydrogens is 449 g/mol. The standard InChI is InChI=1S/C24H29Cl2N3O3/c1-2-31-24(30)22-14-7-8-15(11-14)23(22)28-32-13-19-17-5-3-4-6-20(17)29(27-19)21-10-9-16(25)12-18(21)26/h9-10,12,14-15,22-23,28H,2-8,11,13H2,1H3/t14?,15?,22-,23+/m0/s1. The molecule has 0 amide bonds. The lowest BCUT2D eigenvalue weighted by Crippen LogP contribution is -2.44. The second-order valence-corrected chi connectivity index (χ2v) is 9.97. The Morgan fingerprint density at radius 2 is 2.03 bits per heavy atom. The molecule has 6 nitrogen and oxygen atoms in total. The molecule has 32 heavy (non-hydrogen) atoms. The van der Waals surface area contributed by atoms with Gasteiger partial charge in [-0.25, -0.2) is 4.68 Å². The van der Waals surface area contributed by atoms with Gasteiger partial charge >= 0.3 is 5.97 Å². The highest BCUT2D eigenvalue weighted by Crippen LogP contribution is 2.49. The van der Waals surface area contributed by atoms with Crippen LogP contribution in [0.5, 0.6) is 0 Å². The summed E-state index contributed by atoms with van der Waals surface area (Å²) in [6.07, 6.45) is 7.54. The minimum absolute atomic E-state index is 0.0106. The number of ether oxygens (including phenoxy) is 1. The maximum atomic E-state index is 12.5. The number of hydrogen-bond acceptors (Lipinski definition) is 5. The average molecular weight is 478 g/mol. The third kappa shape index (κ3) is 4.07. The van der Waals surface area contributed by atoms with Crippen molar-refractivity contribution in [2.75, 3.05) is 6.61 Å². The van der Waals surface area contributed by atoms with Crippen molar-refractivity contribution in [1.29, 1.82) is 0 Å². The van der Waals surface area contributed by atoms with E-state index in [4.69, 9.17) is 37.9 Å². The van der Waals surface area contributed by atoms with E-state index in [0.717, 1.165) is 56.3 Å². The van der Waals surface area contributed by atoms with Crippen LogP contribution in [-0.2, 0) is 33.8 Å². The summed E-state index contributed by atoms with van der Waals surface area (Å²) in [7, 11) is 0. The highest BCUT2D eigenvalue weighted by Gasteiger charge is 2.51. The van der Waals surface area contributed by atoms with Crippen LogP contribution in [0.15, 0.2) is 18.2 Å². The molecule has 3 aliphatic carbocycles. The van der Waals surface area contributed by atoms with E-state index in [1.54, 1.807) is 6.07 Å². The molecule has 0 spiro atoms. The van der Waals surface area contributed by atoms with Crippen LogP contribution in [0.25, 0.3) is 5.69 Å². The van der Waals surface area contributed by atoms with Gasteiger partial charge in [-0.15, -0.1) is 0 Å². The SMILES string of the molecule is CCOC(=O)[C@H]1C2CCC(C2)[C@H]1NOCc1nn(-c2ccc(Cl)cc2Cl)c2c1CCCC2. The van der Waals surface area contributed by atoms with Crippen LogP contribution in [0, 0.1) is 17.8 Å². The van der Waals surface area contributed by atoms with E-state index in [0.29, 0.717) is 35.1 Å². The molecule has 8 heteroatoms. The zero-order valence-electron chi connectivity index (χ0n) is 18.3. The Kier molecular flexibility index (Phi) is 6.48. The molecule has 172 valence electrons. The van der Waals surface area contributed by atoms with Crippen LogP contribution in [0.4, 0.5) is 0 Å². The maximum absolute atomic E-state index is 12.5. The van der Waals surface area contributed by atoms with Gasteiger partial charge in [0.2, 0.25) is 0 Å².